The predicted octanol–water partition coefficient (Wildman–Crippen LogP) is 0.874. The van der Waals surface area contributed by atoms with Gasteiger partial charge in [0.2, 0.25) is 0 Å². The molecule has 0 amide bonds. The normalized spacial score (nSPS) is 12.4. The van der Waals surface area contributed by atoms with Crippen molar-refractivity contribution in [1.29, 1.82) is 0 Å². The number of primary sulfonamides is 1. The molecule has 2 N–H and O–H groups in total. The van der Waals surface area contributed by atoms with Gasteiger partial charge < -0.3 is 0 Å². The number of nitrogens with zero attached hydrogens (tertiary/aromatic N) is 2. The fourth-order valence-electron chi connectivity index (χ4n) is 0.964. The molecule has 1 aromatic heterocycles. The quantitative estimate of drug-likeness (QED) is 0.864. The number of sulfonamides is 1. The minimum Gasteiger partial charge on any atom is -0.249 e. The number of rotatable bonds is 2. The van der Waals surface area contributed by atoms with Crippen LogP contribution in [-0.4, -0.2) is 18.2 Å². The molecule has 0 saturated carbocycles. The van der Waals surface area contributed by atoms with E-state index < -0.39 is 10.0 Å². The van der Waals surface area contributed by atoms with E-state index in [4.69, 9.17) is 5.14 Å². The summed E-state index contributed by atoms with van der Waals surface area (Å²) < 4.78 is 24.0. The summed E-state index contributed by atoms with van der Waals surface area (Å²) in [6.45, 7) is 3.66. The highest BCUT2D eigenvalue weighted by Gasteiger charge is 2.20. The van der Waals surface area contributed by atoms with E-state index in [0.717, 1.165) is 0 Å². The van der Waals surface area contributed by atoms with Crippen molar-refractivity contribution in [3.8, 4) is 0 Å². The van der Waals surface area contributed by atoms with Crippen molar-refractivity contribution in [2.24, 2.45) is 5.14 Å². The van der Waals surface area contributed by atoms with Crippen LogP contribution in [0.5, 0.6) is 0 Å². The van der Waals surface area contributed by atoms with Crippen LogP contribution in [0, 0.1) is 0 Å². The highest BCUT2D eigenvalue weighted by atomic mass is 79.9. The van der Waals surface area contributed by atoms with Crippen LogP contribution < -0.4 is 5.14 Å². The minimum atomic E-state index is -3.71. The molecule has 0 aliphatic heterocycles. The number of halogens is 1. The lowest BCUT2D eigenvalue weighted by molar-refractivity contribution is 0.478. The van der Waals surface area contributed by atoms with Crippen LogP contribution in [0.2, 0.25) is 0 Å². The second-order valence-electron chi connectivity index (χ2n) is 2.88. The Bertz CT molecular complexity index is 410. The topological polar surface area (TPSA) is 78.0 Å². The molecule has 0 fully saturated rings. The molecule has 0 spiro atoms. The third-order valence-corrected chi connectivity index (χ3v) is 3.26. The maximum atomic E-state index is 11.1. The predicted molar refractivity (Wildman–Crippen MR) is 51.7 cm³/mol. The molecule has 0 aliphatic rings. The smallest absolute Gasteiger partial charge is 0.249 e. The zero-order chi connectivity index (χ0) is 10.2. The molecule has 1 heterocycles. The Balaban J connectivity index is 3.42. The van der Waals surface area contributed by atoms with Crippen molar-refractivity contribution in [3.05, 3.63) is 10.7 Å². The maximum absolute atomic E-state index is 11.1. The third-order valence-electron chi connectivity index (χ3n) is 1.47. The molecule has 0 bridgehead atoms. The molecule has 7 heteroatoms. The van der Waals surface area contributed by atoms with E-state index >= 15 is 0 Å². The van der Waals surface area contributed by atoms with E-state index in [0.29, 0.717) is 4.47 Å². The second kappa shape index (κ2) is 3.39. The van der Waals surface area contributed by atoms with E-state index in [1.807, 2.05) is 13.8 Å². The number of aromatic nitrogens is 2. The van der Waals surface area contributed by atoms with Gasteiger partial charge in [-0.15, -0.1) is 0 Å². The van der Waals surface area contributed by atoms with Gasteiger partial charge in [-0.3, -0.25) is 0 Å². The summed E-state index contributed by atoms with van der Waals surface area (Å²) in [5.74, 6) is 0. The van der Waals surface area contributed by atoms with Gasteiger partial charge in [-0.2, -0.15) is 5.10 Å². The fraction of sp³-hybridized carbons (Fsp3) is 0.500. The molecule has 74 valence electrons. The molecule has 0 aliphatic carbocycles. The van der Waals surface area contributed by atoms with E-state index in [9.17, 15) is 8.42 Å². The minimum absolute atomic E-state index is 0.0162. The van der Waals surface area contributed by atoms with Gasteiger partial charge in [-0.1, -0.05) is 0 Å². The average molecular weight is 268 g/mol. The SMILES string of the molecule is CC(C)n1ncc(Br)c1S(N)(=O)=O. The highest BCUT2D eigenvalue weighted by Crippen LogP contribution is 2.22. The largest absolute Gasteiger partial charge is 0.256 e. The summed E-state index contributed by atoms with van der Waals surface area (Å²) >= 11 is 3.08. The van der Waals surface area contributed by atoms with Crippen LogP contribution in [-0.2, 0) is 10.0 Å². The summed E-state index contributed by atoms with van der Waals surface area (Å²) in [4.78, 5) is 0. The van der Waals surface area contributed by atoms with Crippen molar-refractivity contribution in [2.75, 3.05) is 0 Å². The highest BCUT2D eigenvalue weighted by molar-refractivity contribution is 9.10. The van der Waals surface area contributed by atoms with Crippen LogP contribution >= 0.6 is 15.9 Å². The molecule has 1 rings (SSSR count). The summed E-state index contributed by atoms with van der Waals surface area (Å²) in [6, 6.07) is -0.0420. The number of hydrogen-bond donors (Lipinski definition) is 1. The van der Waals surface area contributed by atoms with Crippen molar-refractivity contribution in [1.82, 2.24) is 9.78 Å². The van der Waals surface area contributed by atoms with Crippen molar-refractivity contribution < 1.29 is 8.42 Å². The number of nitrogens with two attached hydrogens (primary N) is 1. The lowest BCUT2D eigenvalue weighted by Crippen LogP contribution is -2.19. The van der Waals surface area contributed by atoms with Crippen molar-refractivity contribution >= 4 is 26.0 Å². The van der Waals surface area contributed by atoms with Gasteiger partial charge in [0.15, 0.2) is 5.03 Å². The molecular weight excluding hydrogens is 258 g/mol. The lowest BCUT2D eigenvalue weighted by atomic mass is 10.4. The molecule has 0 unspecified atom stereocenters. The monoisotopic (exact) mass is 267 g/mol. The fourth-order valence-corrected chi connectivity index (χ4v) is 2.76. The van der Waals surface area contributed by atoms with E-state index in [1.165, 1.54) is 10.9 Å². The van der Waals surface area contributed by atoms with E-state index in [2.05, 4.69) is 21.0 Å². The van der Waals surface area contributed by atoms with Gasteiger partial charge in [-0.05, 0) is 29.8 Å². The Morgan fingerprint density at radius 3 is 2.46 bits per heavy atom. The zero-order valence-corrected chi connectivity index (χ0v) is 9.63. The zero-order valence-electron chi connectivity index (χ0n) is 7.23. The Kier molecular flexibility index (Phi) is 2.79. The third kappa shape index (κ3) is 2.09. The Labute approximate surface area is 85.1 Å². The molecule has 13 heavy (non-hydrogen) atoms. The van der Waals surface area contributed by atoms with Gasteiger partial charge >= 0.3 is 0 Å². The van der Waals surface area contributed by atoms with E-state index in [1.54, 1.807) is 0 Å². The first kappa shape index (κ1) is 10.7. The first-order chi connectivity index (χ1) is 5.84. The molecule has 0 aromatic carbocycles. The van der Waals surface area contributed by atoms with Crippen molar-refractivity contribution in [3.63, 3.8) is 0 Å². The molecule has 0 atom stereocenters. The van der Waals surface area contributed by atoms with Crippen LogP contribution in [0.25, 0.3) is 0 Å². The summed E-state index contributed by atoms with van der Waals surface area (Å²) in [5, 5.41) is 8.93. The molecule has 5 nitrogen and oxygen atoms in total. The Morgan fingerprint density at radius 2 is 2.15 bits per heavy atom. The Hall–Kier alpha value is -0.400. The summed E-state index contributed by atoms with van der Waals surface area (Å²) in [5.41, 5.74) is 0. The molecule has 0 saturated heterocycles. The standard InChI is InChI=1S/C6H10BrN3O2S/c1-4(2)10-6(13(8,11)12)5(7)3-9-10/h3-4H,1-2H3,(H2,8,11,12). The van der Waals surface area contributed by atoms with Crippen LogP contribution in [0.3, 0.4) is 0 Å². The lowest BCUT2D eigenvalue weighted by Gasteiger charge is -2.08. The van der Waals surface area contributed by atoms with Crippen LogP contribution in [0.1, 0.15) is 19.9 Å². The maximum Gasteiger partial charge on any atom is 0.256 e. The van der Waals surface area contributed by atoms with Gasteiger partial charge in [0.05, 0.1) is 10.7 Å². The van der Waals surface area contributed by atoms with Crippen LogP contribution in [0.4, 0.5) is 0 Å². The van der Waals surface area contributed by atoms with Gasteiger partial charge in [0.1, 0.15) is 0 Å². The summed E-state index contributed by atoms with van der Waals surface area (Å²) in [6.07, 6.45) is 1.42. The summed E-state index contributed by atoms with van der Waals surface area (Å²) in [7, 11) is -3.71. The molecule has 1 aromatic rings. The van der Waals surface area contributed by atoms with Crippen molar-refractivity contribution in [2.45, 2.75) is 24.9 Å². The van der Waals surface area contributed by atoms with Crippen LogP contribution in [0.15, 0.2) is 15.7 Å². The average Bonchev–Trinajstić information content (AvgIpc) is 2.28. The number of hydrogen-bond acceptors (Lipinski definition) is 3. The Morgan fingerprint density at radius 1 is 1.62 bits per heavy atom. The van der Waals surface area contributed by atoms with Gasteiger partial charge in [0.25, 0.3) is 10.0 Å². The van der Waals surface area contributed by atoms with Gasteiger partial charge in [0, 0.05) is 6.04 Å². The molecular formula is C6H10BrN3O2S. The second-order valence-corrected chi connectivity index (χ2v) is 5.21. The molecule has 0 radical (unpaired) electrons. The van der Waals surface area contributed by atoms with Gasteiger partial charge in [-0.25, -0.2) is 18.2 Å². The first-order valence-corrected chi connectivity index (χ1v) is 5.93. The first-order valence-electron chi connectivity index (χ1n) is 3.60. The van der Waals surface area contributed by atoms with E-state index in [-0.39, 0.29) is 11.1 Å².